The second-order valence-electron chi connectivity index (χ2n) is 5.73. The van der Waals surface area contributed by atoms with E-state index in [2.05, 4.69) is 18.3 Å². The van der Waals surface area contributed by atoms with Crippen molar-refractivity contribution in [2.24, 2.45) is 5.92 Å². The van der Waals surface area contributed by atoms with Crippen molar-refractivity contribution in [2.45, 2.75) is 70.4 Å². The molecule has 1 saturated carbocycles. The van der Waals surface area contributed by atoms with Crippen LogP contribution in [0.4, 0.5) is 0 Å². The summed E-state index contributed by atoms with van der Waals surface area (Å²) in [4.78, 5) is 0. The van der Waals surface area contributed by atoms with Crippen molar-refractivity contribution < 1.29 is 4.74 Å². The van der Waals surface area contributed by atoms with Gasteiger partial charge in [0.1, 0.15) is 5.54 Å². The maximum Gasteiger partial charge on any atom is 0.103 e. The normalized spacial score (nSPS) is 27.4. The minimum absolute atomic E-state index is 0.401. The summed E-state index contributed by atoms with van der Waals surface area (Å²) in [5.41, 5.74) is -0.401. The van der Waals surface area contributed by atoms with Gasteiger partial charge in [-0.05, 0) is 45.6 Å². The minimum atomic E-state index is -0.401. The van der Waals surface area contributed by atoms with E-state index in [1.165, 1.54) is 32.1 Å². The summed E-state index contributed by atoms with van der Waals surface area (Å²) < 4.78 is 5.96. The van der Waals surface area contributed by atoms with E-state index in [0.29, 0.717) is 6.10 Å². The summed E-state index contributed by atoms with van der Waals surface area (Å²) in [5, 5.41) is 12.1. The van der Waals surface area contributed by atoms with E-state index in [9.17, 15) is 0 Å². The van der Waals surface area contributed by atoms with E-state index in [0.717, 1.165) is 25.4 Å². The lowest BCUT2D eigenvalue weighted by molar-refractivity contribution is 0.00951. The van der Waals surface area contributed by atoms with Crippen molar-refractivity contribution in [1.82, 2.24) is 5.32 Å². The Balaban J connectivity index is 2.16. The Labute approximate surface area is 112 Å². The topological polar surface area (TPSA) is 45.0 Å². The van der Waals surface area contributed by atoms with Gasteiger partial charge in [-0.1, -0.05) is 26.2 Å². The number of hydrogen-bond acceptors (Lipinski definition) is 3. The molecule has 104 valence electrons. The molecule has 0 aliphatic heterocycles. The molecule has 0 bridgehead atoms. The van der Waals surface area contributed by atoms with Crippen LogP contribution in [0.1, 0.15) is 58.8 Å². The average Bonchev–Trinajstić information content (AvgIpc) is 2.43. The highest BCUT2D eigenvalue weighted by molar-refractivity contribution is 5.02. The lowest BCUT2D eigenvalue weighted by Crippen LogP contribution is -2.38. The second-order valence-corrected chi connectivity index (χ2v) is 5.73. The van der Waals surface area contributed by atoms with Crippen molar-refractivity contribution in [3.05, 3.63) is 0 Å². The molecule has 0 spiro atoms. The largest absolute Gasteiger partial charge is 0.378 e. The van der Waals surface area contributed by atoms with Crippen molar-refractivity contribution in [1.29, 1.82) is 5.26 Å². The van der Waals surface area contributed by atoms with Crippen LogP contribution < -0.4 is 5.32 Å². The van der Waals surface area contributed by atoms with E-state index in [1.54, 1.807) is 0 Å². The van der Waals surface area contributed by atoms with Crippen LogP contribution in [0, 0.1) is 17.2 Å². The first-order chi connectivity index (χ1) is 8.63. The Hall–Kier alpha value is -0.590. The number of nitriles is 1. The highest BCUT2D eigenvalue weighted by atomic mass is 16.5. The molecule has 1 aliphatic rings. The fraction of sp³-hybridized carbons (Fsp3) is 0.933. The average molecular weight is 252 g/mol. The zero-order chi connectivity index (χ0) is 13.4. The number of rotatable bonds is 7. The van der Waals surface area contributed by atoms with Gasteiger partial charge in [-0.2, -0.15) is 5.26 Å². The van der Waals surface area contributed by atoms with Crippen LogP contribution in [-0.4, -0.2) is 25.3 Å². The molecule has 3 unspecified atom stereocenters. The molecule has 0 saturated heterocycles. The monoisotopic (exact) mass is 252 g/mol. The summed E-state index contributed by atoms with van der Waals surface area (Å²) in [6, 6.07) is 2.32. The van der Waals surface area contributed by atoms with Gasteiger partial charge in [0.25, 0.3) is 0 Å². The molecule has 3 atom stereocenters. The molecule has 3 heteroatoms. The Morgan fingerprint density at radius 2 is 2.22 bits per heavy atom. The van der Waals surface area contributed by atoms with Crippen LogP contribution in [0.3, 0.4) is 0 Å². The van der Waals surface area contributed by atoms with Crippen LogP contribution in [0.2, 0.25) is 0 Å². The van der Waals surface area contributed by atoms with Crippen LogP contribution in [0.15, 0.2) is 0 Å². The number of nitrogens with zero attached hydrogens (tertiary/aromatic N) is 1. The van der Waals surface area contributed by atoms with E-state index >= 15 is 0 Å². The third-order valence-electron chi connectivity index (χ3n) is 4.29. The molecule has 0 heterocycles. The van der Waals surface area contributed by atoms with Crippen molar-refractivity contribution in [2.75, 3.05) is 13.7 Å². The lowest BCUT2D eigenvalue weighted by Gasteiger charge is -2.29. The first-order valence-electron chi connectivity index (χ1n) is 7.35. The third-order valence-corrected chi connectivity index (χ3v) is 4.29. The minimum Gasteiger partial charge on any atom is -0.378 e. The van der Waals surface area contributed by atoms with E-state index < -0.39 is 5.54 Å². The first-order valence-corrected chi connectivity index (χ1v) is 7.35. The predicted molar refractivity (Wildman–Crippen MR) is 74.3 cm³/mol. The highest BCUT2D eigenvalue weighted by Crippen LogP contribution is 2.28. The highest BCUT2D eigenvalue weighted by Gasteiger charge is 2.23. The van der Waals surface area contributed by atoms with Gasteiger partial charge in [0.05, 0.1) is 12.2 Å². The van der Waals surface area contributed by atoms with Gasteiger partial charge >= 0.3 is 0 Å². The van der Waals surface area contributed by atoms with Gasteiger partial charge in [0, 0.05) is 6.61 Å². The van der Waals surface area contributed by atoms with Crippen LogP contribution in [0.5, 0.6) is 0 Å². The van der Waals surface area contributed by atoms with Crippen molar-refractivity contribution in [3.8, 4) is 6.07 Å². The molecule has 0 aromatic carbocycles. The summed E-state index contributed by atoms with van der Waals surface area (Å²) in [7, 11) is 1.84. The molecular formula is C15H28N2O. The smallest absolute Gasteiger partial charge is 0.103 e. The fourth-order valence-corrected chi connectivity index (χ4v) is 2.68. The number of nitrogens with one attached hydrogen (secondary N) is 1. The van der Waals surface area contributed by atoms with Crippen LogP contribution in [-0.2, 0) is 4.74 Å². The van der Waals surface area contributed by atoms with E-state index in [-0.39, 0.29) is 0 Å². The maximum atomic E-state index is 9.05. The molecule has 18 heavy (non-hydrogen) atoms. The zero-order valence-electron chi connectivity index (χ0n) is 12.2. The first kappa shape index (κ1) is 15.5. The van der Waals surface area contributed by atoms with Gasteiger partial charge in [-0.25, -0.2) is 0 Å². The lowest BCUT2D eigenvalue weighted by atomic mass is 9.85. The Morgan fingerprint density at radius 1 is 1.44 bits per heavy atom. The van der Waals surface area contributed by atoms with Crippen LogP contribution in [0.25, 0.3) is 0 Å². The molecule has 0 aromatic heterocycles. The van der Waals surface area contributed by atoms with E-state index in [4.69, 9.17) is 10.00 Å². The SMILES string of the molecule is CCC1CCCC(OCCCC(C)(C#N)NC)C1. The zero-order valence-corrected chi connectivity index (χ0v) is 12.2. The molecule has 3 nitrogen and oxygen atoms in total. The van der Waals surface area contributed by atoms with Crippen molar-refractivity contribution >= 4 is 0 Å². The summed E-state index contributed by atoms with van der Waals surface area (Å²) >= 11 is 0. The number of ether oxygens (including phenoxy) is 1. The fourth-order valence-electron chi connectivity index (χ4n) is 2.68. The van der Waals surface area contributed by atoms with Gasteiger partial charge in [-0.3, -0.25) is 0 Å². The van der Waals surface area contributed by atoms with Crippen molar-refractivity contribution in [3.63, 3.8) is 0 Å². The van der Waals surface area contributed by atoms with E-state index in [1.807, 2.05) is 14.0 Å². The molecule has 0 radical (unpaired) electrons. The summed E-state index contributed by atoms with van der Waals surface area (Å²) in [6.07, 6.45) is 8.70. The van der Waals surface area contributed by atoms with Gasteiger partial charge < -0.3 is 10.1 Å². The summed E-state index contributed by atoms with van der Waals surface area (Å²) in [6.45, 7) is 5.01. The predicted octanol–water partition coefficient (Wildman–Crippen LogP) is 3.25. The molecule has 1 N–H and O–H groups in total. The molecule has 1 rings (SSSR count). The number of hydrogen-bond donors (Lipinski definition) is 1. The molecule has 1 fully saturated rings. The Bertz CT molecular complexity index is 274. The van der Waals surface area contributed by atoms with Gasteiger partial charge in [-0.15, -0.1) is 0 Å². The Morgan fingerprint density at radius 3 is 2.83 bits per heavy atom. The quantitative estimate of drug-likeness (QED) is 0.707. The van der Waals surface area contributed by atoms with Gasteiger partial charge in [0.2, 0.25) is 0 Å². The summed E-state index contributed by atoms with van der Waals surface area (Å²) in [5.74, 6) is 0.866. The Kier molecular flexibility index (Phi) is 6.67. The third kappa shape index (κ3) is 4.96. The van der Waals surface area contributed by atoms with Gasteiger partial charge in [0.15, 0.2) is 0 Å². The van der Waals surface area contributed by atoms with Crippen LogP contribution >= 0.6 is 0 Å². The molecule has 0 amide bonds. The maximum absolute atomic E-state index is 9.05. The second kappa shape index (κ2) is 7.76. The standard InChI is InChI=1S/C15H28N2O/c1-4-13-7-5-8-14(11-13)18-10-6-9-15(2,12-16)17-3/h13-14,17H,4-11H2,1-3H3. The molecule has 0 aromatic rings. The molecular weight excluding hydrogens is 224 g/mol. The molecule has 1 aliphatic carbocycles.